The minimum Gasteiger partial charge on any atom is -0.478 e. The lowest BCUT2D eigenvalue weighted by molar-refractivity contribution is -0.384. The Morgan fingerprint density at radius 2 is 2.03 bits per heavy atom. The number of nitro groups is 1. The van der Waals surface area contributed by atoms with Crippen LogP contribution in [0.2, 0.25) is 5.02 Å². The third-order valence-electron chi connectivity index (χ3n) is 6.10. The second-order valence-corrected chi connectivity index (χ2v) is 8.67. The molecule has 3 heterocycles. The molecule has 0 amide bonds. The summed E-state index contributed by atoms with van der Waals surface area (Å²) in [5, 5.41) is 22.4. The number of nitro benzene ring substituents is 1. The maximum atomic E-state index is 12.3. The maximum absolute atomic E-state index is 12.3. The smallest absolute Gasteiger partial charge is 0.336 e. The van der Waals surface area contributed by atoms with E-state index in [1.165, 1.54) is 6.07 Å². The number of hydrogen-bond acceptors (Lipinski definition) is 6. The van der Waals surface area contributed by atoms with Gasteiger partial charge in [-0.05, 0) is 48.5 Å². The topological polar surface area (TPSA) is 110 Å². The summed E-state index contributed by atoms with van der Waals surface area (Å²) in [6, 6.07) is 15.0. The zero-order chi connectivity index (χ0) is 24.7. The lowest BCUT2D eigenvalue weighted by atomic mass is 9.92. The molecule has 0 fully saturated rings. The number of carboxylic acids is 1. The molecule has 0 spiro atoms. The number of aromatic nitrogens is 1. The van der Waals surface area contributed by atoms with Crippen molar-refractivity contribution in [2.45, 2.75) is 13.5 Å². The number of nitrogens with zero attached hydrogens (tertiary/aromatic N) is 3. The lowest BCUT2D eigenvalue weighted by Gasteiger charge is -2.30. The molecule has 4 aromatic rings. The molecule has 1 aliphatic rings. The summed E-state index contributed by atoms with van der Waals surface area (Å²) in [4.78, 5) is 30.2. The van der Waals surface area contributed by atoms with Crippen LogP contribution < -0.4 is 0 Å². The number of fused-ring (bicyclic) bond motifs is 2. The molecule has 0 unspecified atom stereocenters. The monoisotopic (exact) mass is 489 g/mol. The average molecular weight is 490 g/mol. The summed E-state index contributed by atoms with van der Waals surface area (Å²) in [6.07, 6.45) is 1.82. The molecule has 0 atom stereocenters. The SMILES string of the molecule is CCN1C/C(=C/c2ccc(-c3ccc(Cl)cc3[N+](=O)[O-])o2)c2nc3ccccc3c(C(=O)O)c2C1. The molecule has 2 aromatic carbocycles. The predicted octanol–water partition coefficient (Wildman–Crippen LogP) is 6.13. The van der Waals surface area contributed by atoms with E-state index in [1.54, 1.807) is 42.5 Å². The fourth-order valence-corrected chi connectivity index (χ4v) is 4.63. The number of furan rings is 1. The molecule has 0 aliphatic carbocycles. The minimum absolute atomic E-state index is 0.148. The molecule has 176 valence electrons. The molecule has 0 radical (unpaired) electrons. The van der Waals surface area contributed by atoms with Crippen molar-refractivity contribution in [3.63, 3.8) is 0 Å². The lowest BCUT2D eigenvalue weighted by Crippen LogP contribution is -2.31. The number of para-hydroxylation sites is 1. The first-order chi connectivity index (χ1) is 16.9. The maximum Gasteiger partial charge on any atom is 0.336 e. The zero-order valence-electron chi connectivity index (χ0n) is 18.7. The first kappa shape index (κ1) is 22.8. The number of aromatic carboxylic acids is 1. The fourth-order valence-electron chi connectivity index (χ4n) is 4.46. The molecule has 9 heteroatoms. The number of benzene rings is 2. The summed E-state index contributed by atoms with van der Waals surface area (Å²) in [5.74, 6) is -0.177. The van der Waals surface area contributed by atoms with Gasteiger partial charge in [-0.1, -0.05) is 36.7 Å². The highest BCUT2D eigenvalue weighted by Crippen LogP contribution is 2.36. The third-order valence-corrected chi connectivity index (χ3v) is 6.33. The van der Waals surface area contributed by atoms with Crippen molar-refractivity contribution >= 4 is 45.8 Å². The molecule has 35 heavy (non-hydrogen) atoms. The number of carbonyl (C=O) groups is 1. The Hall–Kier alpha value is -4.01. The first-order valence-corrected chi connectivity index (χ1v) is 11.4. The van der Waals surface area contributed by atoms with Crippen LogP contribution >= 0.6 is 11.6 Å². The van der Waals surface area contributed by atoms with Crippen LogP contribution in [0, 0.1) is 10.1 Å². The molecule has 0 bridgehead atoms. The Kier molecular flexibility index (Phi) is 5.84. The molecule has 5 rings (SSSR count). The Labute approximate surface area is 205 Å². The van der Waals surface area contributed by atoms with E-state index >= 15 is 0 Å². The minimum atomic E-state index is -0.993. The number of halogens is 1. The Bertz CT molecular complexity index is 1520. The summed E-state index contributed by atoms with van der Waals surface area (Å²) < 4.78 is 5.97. The van der Waals surface area contributed by atoms with Gasteiger partial charge in [0.15, 0.2) is 0 Å². The second kappa shape index (κ2) is 8.98. The number of likely N-dealkylation sites (N-methyl/N-ethyl adjacent to an activating group) is 1. The van der Waals surface area contributed by atoms with Crippen molar-refractivity contribution in [1.82, 2.24) is 9.88 Å². The van der Waals surface area contributed by atoms with E-state index in [1.807, 2.05) is 19.1 Å². The second-order valence-electron chi connectivity index (χ2n) is 8.23. The highest BCUT2D eigenvalue weighted by atomic mass is 35.5. The summed E-state index contributed by atoms with van der Waals surface area (Å²) >= 11 is 5.94. The van der Waals surface area contributed by atoms with Gasteiger partial charge in [0.25, 0.3) is 5.69 Å². The summed E-state index contributed by atoms with van der Waals surface area (Å²) in [6.45, 7) is 3.78. The van der Waals surface area contributed by atoms with Gasteiger partial charge in [0.2, 0.25) is 0 Å². The van der Waals surface area contributed by atoms with Gasteiger partial charge in [-0.15, -0.1) is 0 Å². The summed E-state index contributed by atoms with van der Waals surface area (Å²) in [5.41, 5.74) is 3.14. The fraction of sp³-hybridized carbons (Fsp3) is 0.154. The van der Waals surface area contributed by atoms with Gasteiger partial charge in [-0.2, -0.15) is 0 Å². The zero-order valence-corrected chi connectivity index (χ0v) is 19.5. The van der Waals surface area contributed by atoms with Crippen LogP contribution in [0.1, 0.15) is 34.3 Å². The van der Waals surface area contributed by atoms with E-state index in [4.69, 9.17) is 21.0 Å². The first-order valence-electron chi connectivity index (χ1n) is 11.0. The number of hydrogen-bond donors (Lipinski definition) is 1. The van der Waals surface area contributed by atoms with E-state index in [2.05, 4.69) is 4.90 Å². The standard InChI is InChI=1S/C26H20ClN3O5/c1-2-29-13-15(25-20(14-29)24(26(31)32)18-5-3-4-6-21(18)28-25)11-17-8-10-23(35-17)19-9-7-16(27)12-22(19)30(33)34/h3-12H,2,13-14H2,1H3,(H,31,32)/b15-11-. The van der Waals surface area contributed by atoms with Gasteiger partial charge < -0.3 is 9.52 Å². The Balaban J connectivity index is 1.64. The van der Waals surface area contributed by atoms with Crippen molar-refractivity contribution in [1.29, 1.82) is 0 Å². The van der Waals surface area contributed by atoms with E-state index in [-0.39, 0.29) is 16.3 Å². The van der Waals surface area contributed by atoms with Crippen LogP contribution in [0.15, 0.2) is 59.0 Å². The summed E-state index contributed by atoms with van der Waals surface area (Å²) in [7, 11) is 0. The van der Waals surface area contributed by atoms with Crippen LogP contribution in [0.5, 0.6) is 0 Å². The van der Waals surface area contributed by atoms with E-state index in [9.17, 15) is 20.0 Å². The molecular weight excluding hydrogens is 470 g/mol. The molecule has 1 N–H and O–H groups in total. The van der Waals surface area contributed by atoms with Gasteiger partial charge in [-0.25, -0.2) is 9.78 Å². The molecule has 8 nitrogen and oxygen atoms in total. The molecule has 0 saturated heterocycles. The highest BCUT2D eigenvalue weighted by Gasteiger charge is 2.28. The Morgan fingerprint density at radius 1 is 1.23 bits per heavy atom. The van der Waals surface area contributed by atoms with Gasteiger partial charge in [0, 0.05) is 35.1 Å². The van der Waals surface area contributed by atoms with Crippen molar-refractivity contribution < 1.29 is 19.2 Å². The van der Waals surface area contributed by atoms with Crippen LogP contribution in [0.25, 0.3) is 33.9 Å². The molecule has 1 aliphatic heterocycles. The number of pyridine rings is 1. The Morgan fingerprint density at radius 3 is 2.77 bits per heavy atom. The van der Waals surface area contributed by atoms with Crippen molar-refractivity contribution in [3.8, 4) is 11.3 Å². The predicted molar refractivity (Wildman–Crippen MR) is 133 cm³/mol. The van der Waals surface area contributed by atoms with E-state index in [0.717, 1.165) is 12.1 Å². The van der Waals surface area contributed by atoms with Gasteiger partial charge in [0.05, 0.1) is 27.3 Å². The van der Waals surface area contributed by atoms with Crippen LogP contribution in [-0.2, 0) is 6.54 Å². The third kappa shape index (κ3) is 4.18. The average Bonchev–Trinajstić information content (AvgIpc) is 3.30. The molecule has 0 saturated carbocycles. The quantitative estimate of drug-likeness (QED) is 0.265. The highest BCUT2D eigenvalue weighted by molar-refractivity contribution is 6.30. The van der Waals surface area contributed by atoms with Crippen molar-refractivity contribution in [2.75, 3.05) is 13.1 Å². The van der Waals surface area contributed by atoms with Gasteiger partial charge in [0.1, 0.15) is 11.5 Å². The molecule has 2 aromatic heterocycles. The number of rotatable bonds is 5. The van der Waals surface area contributed by atoms with Crippen molar-refractivity contribution in [2.24, 2.45) is 0 Å². The van der Waals surface area contributed by atoms with Gasteiger partial charge >= 0.3 is 5.97 Å². The largest absolute Gasteiger partial charge is 0.478 e. The van der Waals surface area contributed by atoms with Crippen molar-refractivity contribution in [3.05, 3.63) is 92.3 Å². The normalized spacial score (nSPS) is 14.9. The van der Waals surface area contributed by atoms with Gasteiger partial charge in [-0.3, -0.25) is 15.0 Å². The number of carboxylic acid groups (broad SMARTS) is 1. The van der Waals surface area contributed by atoms with E-state index < -0.39 is 10.9 Å². The van der Waals surface area contributed by atoms with Crippen LogP contribution in [0.4, 0.5) is 5.69 Å². The molecular formula is C26H20ClN3O5. The van der Waals surface area contributed by atoms with Crippen LogP contribution in [-0.4, -0.2) is 39.0 Å². The van der Waals surface area contributed by atoms with E-state index in [0.29, 0.717) is 52.3 Å². The van der Waals surface area contributed by atoms with Crippen LogP contribution in [0.3, 0.4) is 0 Å².